The van der Waals surface area contributed by atoms with Crippen molar-refractivity contribution in [2.75, 3.05) is 14.2 Å². The van der Waals surface area contributed by atoms with Crippen molar-refractivity contribution in [2.45, 2.75) is 20.0 Å². The Hall–Kier alpha value is -3.09. The van der Waals surface area contributed by atoms with Gasteiger partial charge >= 0.3 is 0 Å². The number of aromatic nitrogens is 3. The van der Waals surface area contributed by atoms with Crippen LogP contribution < -0.4 is 14.2 Å². The van der Waals surface area contributed by atoms with Gasteiger partial charge in [-0.15, -0.1) is 0 Å². The first-order valence-electron chi connectivity index (χ1n) is 7.80. The second kappa shape index (κ2) is 7.21. The molecular formula is C18H19N3O4. The first-order chi connectivity index (χ1) is 12.1. The Morgan fingerprint density at radius 2 is 1.80 bits per heavy atom. The summed E-state index contributed by atoms with van der Waals surface area (Å²) in [7, 11) is 3.16. The summed E-state index contributed by atoms with van der Waals surface area (Å²) in [5.74, 6) is 2.54. The van der Waals surface area contributed by atoms with Crippen LogP contribution in [0.5, 0.6) is 17.2 Å². The first kappa shape index (κ1) is 16.8. The van der Waals surface area contributed by atoms with Crippen LogP contribution in [0, 0.1) is 0 Å². The molecule has 0 amide bonds. The lowest BCUT2D eigenvalue weighted by atomic mass is 10.2. The van der Waals surface area contributed by atoms with Crippen molar-refractivity contribution in [3.05, 3.63) is 36.5 Å². The average molecular weight is 341 g/mol. The molecule has 0 spiro atoms. The second-order valence-electron chi connectivity index (χ2n) is 5.51. The monoisotopic (exact) mass is 341 g/mol. The fourth-order valence-electron chi connectivity index (χ4n) is 2.31. The average Bonchev–Trinajstić information content (AvgIpc) is 3.11. The van der Waals surface area contributed by atoms with Gasteiger partial charge in [0.2, 0.25) is 5.82 Å². The van der Waals surface area contributed by atoms with Crippen LogP contribution in [0.4, 0.5) is 0 Å². The van der Waals surface area contributed by atoms with Crippen molar-refractivity contribution in [3.63, 3.8) is 0 Å². The number of rotatable bonds is 6. The first-order valence-corrected chi connectivity index (χ1v) is 7.80. The molecule has 0 aliphatic rings. The lowest BCUT2D eigenvalue weighted by molar-refractivity contribution is 0.242. The van der Waals surface area contributed by atoms with Gasteiger partial charge in [-0.3, -0.25) is 0 Å². The van der Waals surface area contributed by atoms with Crippen LogP contribution in [0.3, 0.4) is 0 Å². The maximum Gasteiger partial charge on any atom is 0.280 e. The highest BCUT2D eigenvalue weighted by Crippen LogP contribution is 2.33. The van der Waals surface area contributed by atoms with Gasteiger partial charge in [-0.05, 0) is 44.2 Å². The van der Waals surface area contributed by atoms with E-state index in [0.717, 1.165) is 5.56 Å². The molecule has 0 saturated heterocycles. The molecule has 0 unspecified atom stereocenters. The van der Waals surface area contributed by atoms with E-state index in [1.165, 1.54) is 0 Å². The largest absolute Gasteiger partial charge is 0.493 e. The number of hydrogen-bond acceptors (Lipinski definition) is 7. The molecule has 0 fully saturated rings. The van der Waals surface area contributed by atoms with E-state index in [1.54, 1.807) is 38.6 Å². The van der Waals surface area contributed by atoms with Crippen molar-refractivity contribution < 1.29 is 18.7 Å². The summed E-state index contributed by atoms with van der Waals surface area (Å²) in [5.41, 5.74) is 1.25. The number of ether oxygens (including phenoxy) is 3. The third-order valence-corrected chi connectivity index (χ3v) is 3.40. The quantitative estimate of drug-likeness (QED) is 0.677. The molecular weight excluding hydrogens is 322 g/mol. The van der Waals surface area contributed by atoms with Gasteiger partial charge in [0.05, 0.1) is 20.3 Å². The molecule has 0 aliphatic heterocycles. The standard InChI is InChI=1S/C18H19N3O4/c1-11(2)24-14-6-5-9-19-16(14)18-20-17(21-25-18)12-7-8-13(22-3)15(10-12)23-4/h5-11H,1-4H3. The Labute approximate surface area is 145 Å². The summed E-state index contributed by atoms with van der Waals surface area (Å²) < 4.78 is 21.7. The molecule has 2 aromatic heterocycles. The molecule has 3 aromatic rings. The van der Waals surface area contributed by atoms with Crippen molar-refractivity contribution >= 4 is 0 Å². The van der Waals surface area contributed by atoms with Gasteiger partial charge in [0.25, 0.3) is 5.89 Å². The summed E-state index contributed by atoms with van der Waals surface area (Å²) in [6.07, 6.45) is 1.67. The van der Waals surface area contributed by atoms with Crippen LogP contribution in [0.1, 0.15) is 13.8 Å². The number of benzene rings is 1. The van der Waals surface area contributed by atoms with Gasteiger partial charge < -0.3 is 18.7 Å². The Morgan fingerprint density at radius 3 is 2.52 bits per heavy atom. The molecule has 7 nitrogen and oxygen atoms in total. The van der Waals surface area contributed by atoms with E-state index >= 15 is 0 Å². The SMILES string of the molecule is COc1ccc(-c2noc(-c3ncccc3OC(C)C)n2)cc1OC. The Kier molecular flexibility index (Phi) is 4.83. The molecule has 0 saturated carbocycles. The highest BCUT2D eigenvalue weighted by Gasteiger charge is 2.18. The molecule has 0 atom stereocenters. The highest BCUT2D eigenvalue weighted by atomic mass is 16.5. The van der Waals surface area contributed by atoms with Crippen LogP contribution >= 0.6 is 0 Å². The zero-order chi connectivity index (χ0) is 17.8. The third kappa shape index (κ3) is 3.55. The van der Waals surface area contributed by atoms with Crippen molar-refractivity contribution in [3.8, 4) is 40.2 Å². The second-order valence-corrected chi connectivity index (χ2v) is 5.51. The molecule has 130 valence electrons. The number of nitrogens with zero attached hydrogens (tertiary/aromatic N) is 3. The Balaban J connectivity index is 1.96. The summed E-state index contributed by atoms with van der Waals surface area (Å²) in [6, 6.07) is 9.03. The zero-order valence-corrected chi connectivity index (χ0v) is 14.5. The van der Waals surface area contributed by atoms with Gasteiger partial charge in [-0.25, -0.2) is 4.98 Å². The molecule has 0 N–H and O–H groups in total. The molecule has 2 heterocycles. The van der Waals surface area contributed by atoms with Crippen LogP contribution in [-0.4, -0.2) is 35.4 Å². The summed E-state index contributed by atoms with van der Waals surface area (Å²) in [6.45, 7) is 3.89. The predicted octanol–water partition coefficient (Wildman–Crippen LogP) is 3.60. The molecule has 0 aliphatic carbocycles. The van der Waals surface area contributed by atoms with E-state index in [0.29, 0.717) is 34.7 Å². The third-order valence-electron chi connectivity index (χ3n) is 3.40. The molecule has 0 bridgehead atoms. The van der Waals surface area contributed by atoms with Crippen LogP contribution in [0.15, 0.2) is 41.1 Å². The van der Waals surface area contributed by atoms with Crippen molar-refractivity contribution in [1.82, 2.24) is 15.1 Å². The van der Waals surface area contributed by atoms with E-state index in [1.807, 2.05) is 26.0 Å². The summed E-state index contributed by atoms with van der Waals surface area (Å²) >= 11 is 0. The molecule has 0 radical (unpaired) electrons. The van der Waals surface area contributed by atoms with E-state index in [4.69, 9.17) is 18.7 Å². The fourth-order valence-corrected chi connectivity index (χ4v) is 2.31. The van der Waals surface area contributed by atoms with Gasteiger partial charge in [0.15, 0.2) is 22.9 Å². The minimum Gasteiger partial charge on any atom is -0.493 e. The number of pyridine rings is 1. The predicted molar refractivity (Wildman–Crippen MR) is 91.8 cm³/mol. The van der Waals surface area contributed by atoms with Crippen molar-refractivity contribution in [1.29, 1.82) is 0 Å². The zero-order valence-electron chi connectivity index (χ0n) is 14.5. The van der Waals surface area contributed by atoms with E-state index < -0.39 is 0 Å². The maximum atomic E-state index is 5.75. The van der Waals surface area contributed by atoms with Gasteiger partial charge in [0, 0.05) is 11.8 Å². The van der Waals surface area contributed by atoms with E-state index in [9.17, 15) is 0 Å². The number of hydrogen-bond donors (Lipinski definition) is 0. The number of methoxy groups -OCH3 is 2. The topological polar surface area (TPSA) is 79.5 Å². The fraction of sp³-hybridized carbons (Fsp3) is 0.278. The lowest BCUT2D eigenvalue weighted by Gasteiger charge is -2.10. The minimum absolute atomic E-state index is 0.0104. The highest BCUT2D eigenvalue weighted by molar-refractivity contribution is 5.64. The summed E-state index contributed by atoms with van der Waals surface area (Å²) in [5, 5.41) is 4.04. The smallest absolute Gasteiger partial charge is 0.280 e. The lowest BCUT2D eigenvalue weighted by Crippen LogP contribution is -2.07. The van der Waals surface area contributed by atoms with Gasteiger partial charge in [-0.2, -0.15) is 4.98 Å². The molecule has 3 rings (SSSR count). The van der Waals surface area contributed by atoms with Crippen LogP contribution in [0.2, 0.25) is 0 Å². The van der Waals surface area contributed by atoms with Gasteiger partial charge in [0.1, 0.15) is 0 Å². The Morgan fingerprint density at radius 1 is 1.00 bits per heavy atom. The van der Waals surface area contributed by atoms with Crippen LogP contribution in [-0.2, 0) is 0 Å². The van der Waals surface area contributed by atoms with Crippen molar-refractivity contribution in [2.24, 2.45) is 0 Å². The van der Waals surface area contributed by atoms with E-state index in [2.05, 4.69) is 15.1 Å². The summed E-state index contributed by atoms with van der Waals surface area (Å²) in [4.78, 5) is 8.74. The molecule has 7 heteroatoms. The van der Waals surface area contributed by atoms with Crippen LogP contribution in [0.25, 0.3) is 23.0 Å². The normalized spacial score (nSPS) is 10.8. The molecule has 1 aromatic carbocycles. The molecule has 25 heavy (non-hydrogen) atoms. The Bertz CT molecular complexity index is 861. The maximum absolute atomic E-state index is 5.75. The van der Waals surface area contributed by atoms with E-state index in [-0.39, 0.29) is 6.10 Å². The van der Waals surface area contributed by atoms with Gasteiger partial charge in [-0.1, -0.05) is 5.16 Å². The minimum atomic E-state index is 0.0104.